The van der Waals surface area contributed by atoms with Gasteiger partial charge in [-0.25, -0.2) is 0 Å². The predicted octanol–water partition coefficient (Wildman–Crippen LogP) is 3.00. The number of nitrogens with one attached hydrogen (secondary N) is 1. The summed E-state index contributed by atoms with van der Waals surface area (Å²) in [6, 6.07) is 8.66. The lowest BCUT2D eigenvalue weighted by atomic mass is 10.0. The molecular weight excluding hydrogens is 356 g/mol. The lowest BCUT2D eigenvalue weighted by molar-refractivity contribution is -0.118. The van der Waals surface area contributed by atoms with Crippen molar-refractivity contribution in [2.75, 3.05) is 26.1 Å². The van der Waals surface area contributed by atoms with E-state index in [1.54, 1.807) is 19.2 Å². The molecule has 0 aliphatic carbocycles. The Bertz CT molecular complexity index is 862. The maximum Gasteiger partial charge on any atom is 0.243 e. The second-order valence-corrected chi connectivity index (χ2v) is 6.46. The average Bonchev–Trinajstić information content (AvgIpc) is 2.71. The van der Waals surface area contributed by atoms with Crippen LogP contribution < -0.4 is 20.5 Å². The third-order valence-corrected chi connectivity index (χ3v) is 4.44. The molecule has 0 bridgehead atoms. The molecular formula is C22H28N2O4. The van der Waals surface area contributed by atoms with Crippen LogP contribution in [0.15, 0.2) is 30.3 Å². The molecule has 6 heteroatoms. The number of aliphatic hydroxyl groups excluding tert-OH is 1. The molecule has 150 valence electrons. The summed E-state index contributed by atoms with van der Waals surface area (Å²) in [5, 5.41) is 11.7. The number of rotatable bonds is 8. The zero-order valence-electron chi connectivity index (χ0n) is 16.8. The number of carbonyl (C=O) groups excluding carboxylic acids is 1. The second-order valence-electron chi connectivity index (χ2n) is 6.46. The van der Waals surface area contributed by atoms with Crippen molar-refractivity contribution in [3.63, 3.8) is 0 Å². The molecule has 0 saturated carbocycles. The number of nitrogens with two attached hydrogens (primary N) is 1. The van der Waals surface area contributed by atoms with E-state index in [1.165, 1.54) is 7.11 Å². The molecule has 0 saturated heterocycles. The number of benzene rings is 2. The first kappa shape index (κ1) is 21.5. The lowest BCUT2D eigenvalue weighted by Gasteiger charge is -2.13. The highest BCUT2D eigenvalue weighted by Crippen LogP contribution is 2.28. The number of aryl methyl sites for hydroxylation is 2. The van der Waals surface area contributed by atoms with E-state index >= 15 is 0 Å². The maximum absolute atomic E-state index is 12.0. The lowest BCUT2D eigenvalue weighted by Crippen LogP contribution is -2.38. The molecule has 0 aliphatic rings. The van der Waals surface area contributed by atoms with Gasteiger partial charge in [0, 0.05) is 0 Å². The van der Waals surface area contributed by atoms with Crippen molar-refractivity contribution < 1.29 is 19.4 Å². The van der Waals surface area contributed by atoms with Crippen LogP contribution in [0.25, 0.3) is 12.2 Å². The first-order chi connectivity index (χ1) is 13.4. The van der Waals surface area contributed by atoms with Gasteiger partial charge < -0.3 is 25.6 Å². The Labute approximate surface area is 166 Å². The smallest absolute Gasteiger partial charge is 0.243 e. The van der Waals surface area contributed by atoms with Crippen molar-refractivity contribution in [3.05, 3.63) is 52.6 Å². The third-order valence-electron chi connectivity index (χ3n) is 4.44. The van der Waals surface area contributed by atoms with E-state index in [9.17, 15) is 4.79 Å². The van der Waals surface area contributed by atoms with Crippen molar-refractivity contribution in [1.29, 1.82) is 0 Å². The summed E-state index contributed by atoms with van der Waals surface area (Å²) in [6.45, 7) is 3.70. The van der Waals surface area contributed by atoms with E-state index in [0.717, 1.165) is 34.4 Å². The van der Waals surface area contributed by atoms with Crippen LogP contribution in [0, 0.1) is 6.92 Å². The van der Waals surface area contributed by atoms with Crippen LogP contribution in [-0.2, 0) is 11.2 Å². The Morgan fingerprint density at radius 1 is 1.18 bits per heavy atom. The van der Waals surface area contributed by atoms with Crippen molar-refractivity contribution in [1.82, 2.24) is 0 Å². The molecule has 1 amide bonds. The summed E-state index contributed by atoms with van der Waals surface area (Å²) < 4.78 is 10.8. The number of amides is 1. The fraction of sp³-hybridized carbons (Fsp3) is 0.318. The molecule has 1 atom stereocenters. The normalized spacial score (nSPS) is 12.1. The molecule has 0 aliphatic heterocycles. The van der Waals surface area contributed by atoms with Crippen LogP contribution in [0.4, 0.5) is 5.69 Å². The van der Waals surface area contributed by atoms with Gasteiger partial charge in [-0.15, -0.1) is 0 Å². The number of hydrogen-bond donors (Lipinski definition) is 3. The van der Waals surface area contributed by atoms with E-state index in [1.807, 2.05) is 25.1 Å². The first-order valence-corrected chi connectivity index (χ1v) is 9.14. The summed E-state index contributed by atoms with van der Waals surface area (Å²) >= 11 is 0. The Morgan fingerprint density at radius 3 is 2.50 bits per heavy atom. The van der Waals surface area contributed by atoms with Crippen LogP contribution in [0.5, 0.6) is 11.5 Å². The van der Waals surface area contributed by atoms with Gasteiger partial charge in [0.25, 0.3) is 0 Å². The van der Waals surface area contributed by atoms with Crippen LogP contribution >= 0.6 is 0 Å². The summed E-state index contributed by atoms with van der Waals surface area (Å²) in [4.78, 5) is 12.0. The molecule has 0 unspecified atom stereocenters. The number of anilines is 1. The summed E-state index contributed by atoms with van der Waals surface area (Å²) in [5.74, 6) is 0.971. The van der Waals surface area contributed by atoms with Crippen LogP contribution in [0.2, 0.25) is 0 Å². The van der Waals surface area contributed by atoms with Crippen LogP contribution in [-0.4, -0.2) is 37.9 Å². The molecule has 2 rings (SSSR count). The van der Waals surface area contributed by atoms with Crippen molar-refractivity contribution in [2.45, 2.75) is 26.3 Å². The number of methoxy groups -OCH3 is 2. The Morgan fingerprint density at radius 2 is 1.89 bits per heavy atom. The number of carbonyl (C=O) groups is 1. The Hall–Kier alpha value is -2.83. The van der Waals surface area contributed by atoms with Gasteiger partial charge >= 0.3 is 0 Å². The monoisotopic (exact) mass is 384 g/mol. The van der Waals surface area contributed by atoms with Gasteiger partial charge in [-0.1, -0.05) is 25.1 Å². The summed E-state index contributed by atoms with van der Waals surface area (Å²) in [5.41, 5.74) is 10.3. The van der Waals surface area contributed by atoms with Gasteiger partial charge in [-0.3, -0.25) is 4.79 Å². The van der Waals surface area contributed by atoms with Crippen molar-refractivity contribution in [2.24, 2.45) is 5.73 Å². The van der Waals surface area contributed by atoms with Gasteiger partial charge in [-0.05, 0) is 59.9 Å². The standard InChI is InChI=1S/C22H28N2O4/c1-5-17-11-16(10-14(2)21(17)28-4)7-6-15-8-9-20(27-3)19(12-15)24-22(26)18(23)13-25/h6-12,18,25H,5,13,23H2,1-4H3,(H,24,26)/b7-6-/t18-/m0/s1. The minimum absolute atomic E-state index is 0.426. The molecule has 6 nitrogen and oxygen atoms in total. The SMILES string of the molecule is CCc1cc(/C=C\c2ccc(OC)c(NC(=O)[C@@H](N)CO)c2)cc(C)c1OC. The molecule has 0 fully saturated rings. The Balaban J connectivity index is 2.30. The third kappa shape index (κ3) is 5.12. The van der Waals surface area contributed by atoms with E-state index in [-0.39, 0.29) is 0 Å². The molecule has 2 aromatic rings. The minimum Gasteiger partial charge on any atom is -0.496 e. The average molecular weight is 384 g/mol. The summed E-state index contributed by atoms with van der Waals surface area (Å²) in [7, 11) is 3.21. The van der Waals surface area contributed by atoms with Gasteiger partial charge in [0.2, 0.25) is 5.91 Å². The maximum atomic E-state index is 12.0. The number of hydrogen-bond acceptors (Lipinski definition) is 5. The van der Waals surface area contributed by atoms with Crippen molar-refractivity contribution >= 4 is 23.7 Å². The number of ether oxygens (including phenoxy) is 2. The highest BCUT2D eigenvalue weighted by Gasteiger charge is 2.14. The second kappa shape index (κ2) is 9.92. The first-order valence-electron chi connectivity index (χ1n) is 9.14. The van der Waals surface area contributed by atoms with E-state index < -0.39 is 18.6 Å². The molecule has 0 heterocycles. The van der Waals surface area contributed by atoms with Gasteiger partial charge in [0.15, 0.2) is 0 Å². The van der Waals surface area contributed by atoms with Crippen LogP contribution in [0.3, 0.4) is 0 Å². The fourth-order valence-electron chi connectivity index (χ4n) is 2.96. The van der Waals surface area contributed by atoms with Gasteiger partial charge in [0.05, 0.1) is 26.5 Å². The molecule has 0 spiro atoms. The Kier molecular flexibility index (Phi) is 7.61. The highest BCUT2D eigenvalue weighted by molar-refractivity contribution is 5.96. The largest absolute Gasteiger partial charge is 0.496 e. The van der Waals surface area contributed by atoms with E-state index in [4.69, 9.17) is 20.3 Å². The molecule has 0 radical (unpaired) electrons. The van der Waals surface area contributed by atoms with Crippen molar-refractivity contribution in [3.8, 4) is 11.5 Å². The van der Waals surface area contributed by atoms with E-state index in [2.05, 4.69) is 24.4 Å². The van der Waals surface area contributed by atoms with E-state index in [0.29, 0.717) is 11.4 Å². The fourth-order valence-corrected chi connectivity index (χ4v) is 2.96. The molecule has 2 aromatic carbocycles. The number of aliphatic hydroxyl groups is 1. The molecule has 0 aromatic heterocycles. The highest BCUT2D eigenvalue weighted by atomic mass is 16.5. The summed E-state index contributed by atoms with van der Waals surface area (Å²) in [6.07, 6.45) is 4.86. The zero-order chi connectivity index (χ0) is 20.7. The van der Waals surface area contributed by atoms with Gasteiger partial charge in [-0.2, -0.15) is 0 Å². The minimum atomic E-state index is -0.987. The quantitative estimate of drug-likeness (QED) is 0.608. The zero-order valence-corrected chi connectivity index (χ0v) is 16.8. The van der Waals surface area contributed by atoms with Gasteiger partial charge in [0.1, 0.15) is 17.5 Å². The van der Waals surface area contributed by atoms with Crippen LogP contribution in [0.1, 0.15) is 29.2 Å². The molecule has 28 heavy (non-hydrogen) atoms. The topological polar surface area (TPSA) is 93.8 Å². The predicted molar refractivity (Wildman–Crippen MR) is 113 cm³/mol. The molecule has 4 N–H and O–H groups in total.